The Morgan fingerprint density at radius 1 is 1.30 bits per heavy atom. The topological polar surface area (TPSA) is 99.1 Å². The van der Waals surface area contributed by atoms with E-state index in [1.807, 2.05) is 6.92 Å². The molecule has 0 radical (unpaired) electrons. The predicted molar refractivity (Wildman–Crippen MR) is 110 cm³/mol. The Kier molecular flexibility index (Phi) is 6.07. The largest absolute Gasteiger partial charge is 0.482 e. The Bertz CT molecular complexity index is 951. The van der Waals surface area contributed by atoms with E-state index in [0.717, 1.165) is 12.0 Å². The van der Waals surface area contributed by atoms with Gasteiger partial charge in [0.1, 0.15) is 22.1 Å². The zero-order chi connectivity index (χ0) is 22.3. The zero-order valence-corrected chi connectivity index (χ0v) is 18.4. The average Bonchev–Trinajstić information content (AvgIpc) is 2.97. The molecular weight excluding hydrogens is 435 g/mol. The number of ketones is 1. The van der Waals surface area contributed by atoms with Gasteiger partial charge in [0.15, 0.2) is 12.4 Å². The quantitative estimate of drug-likeness (QED) is 0.604. The number of fused-ring (bicyclic) bond motifs is 3. The van der Waals surface area contributed by atoms with Gasteiger partial charge < -0.3 is 19.3 Å². The Morgan fingerprint density at radius 2 is 2.00 bits per heavy atom. The van der Waals surface area contributed by atoms with Gasteiger partial charge in [-0.1, -0.05) is 36.5 Å². The van der Waals surface area contributed by atoms with E-state index in [4.69, 9.17) is 42.5 Å². The summed E-state index contributed by atoms with van der Waals surface area (Å²) in [7, 11) is 0. The highest BCUT2D eigenvalue weighted by atomic mass is 35.5. The van der Waals surface area contributed by atoms with Crippen LogP contribution < -0.4 is 9.47 Å². The minimum absolute atomic E-state index is 0.00415. The molecule has 7 nitrogen and oxygen atoms in total. The van der Waals surface area contributed by atoms with Crippen LogP contribution in [-0.2, 0) is 19.1 Å². The predicted octanol–water partition coefficient (Wildman–Crippen LogP) is 4.46. The van der Waals surface area contributed by atoms with Crippen LogP contribution in [0, 0.1) is 0 Å². The van der Waals surface area contributed by atoms with Crippen LogP contribution in [0.25, 0.3) is 5.57 Å². The lowest BCUT2D eigenvalue weighted by Gasteiger charge is -2.32. The fourth-order valence-electron chi connectivity index (χ4n) is 3.67. The molecule has 0 spiro atoms. The van der Waals surface area contributed by atoms with Gasteiger partial charge >= 0.3 is 11.9 Å². The molecule has 0 saturated heterocycles. The summed E-state index contributed by atoms with van der Waals surface area (Å²) in [6.45, 7) is 3.98. The molecule has 1 aliphatic carbocycles. The smallest absolute Gasteiger partial charge is 0.347 e. The maximum Gasteiger partial charge on any atom is 0.347 e. The van der Waals surface area contributed by atoms with Crippen LogP contribution >= 0.6 is 23.2 Å². The van der Waals surface area contributed by atoms with Gasteiger partial charge in [-0.2, -0.15) is 0 Å². The molecule has 1 aromatic carbocycles. The maximum absolute atomic E-state index is 12.0. The average molecular weight is 457 g/mol. The van der Waals surface area contributed by atoms with Gasteiger partial charge in [0.05, 0.1) is 5.02 Å². The normalized spacial score (nSPS) is 20.0. The number of rotatable bonds is 7. The first-order valence-electron chi connectivity index (χ1n) is 9.55. The summed E-state index contributed by atoms with van der Waals surface area (Å²) in [5.41, 5.74) is -1.05. The van der Waals surface area contributed by atoms with Gasteiger partial charge in [-0.05, 0) is 32.8 Å². The molecule has 1 aromatic rings. The Morgan fingerprint density at radius 3 is 2.63 bits per heavy atom. The molecule has 162 valence electrons. The number of carboxylic acid groups (broad SMARTS) is 1. The SMILES string of the molecule is CCCC12CCC(=O)C=C1c1c(cc(OCC(=O)OC(C)(C)C(=O)O)c(Cl)c1Cl)O2. The summed E-state index contributed by atoms with van der Waals surface area (Å²) in [5, 5.41) is 9.28. The standard InChI is InChI=1S/C21H22Cl2O7/c1-4-6-21-7-5-11(24)8-12(21)16-13(29-21)9-14(17(22)18(16)23)28-10-15(25)30-20(2,3)19(26)27/h8-9H,4-7,10H2,1-3H3,(H,26,27). The number of hydrogen-bond donors (Lipinski definition) is 1. The molecule has 1 aliphatic heterocycles. The number of benzene rings is 1. The molecule has 0 fully saturated rings. The molecule has 1 heterocycles. The fraction of sp³-hybridized carbons (Fsp3) is 0.476. The molecule has 1 N–H and O–H groups in total. The summed E-state index contributed by atoms with van der Waals surface area (Å²) in [4.78, 5) is 35.1. The second-order valence-electron chi connectivity index (χ2n) is 7.82. The molecule has 1 unspecified atom stereocenters. The second kappa shape index (κ2) is 8.12. The van der Waals surface area contributed by atoms with Crippen LogP contribution in [0.1, 0.15) is 52.0 Å². The van der Waals surface area contributed by atoms with Gasteiger partial charge in [0.2, 0.25) is 5.60 Å². The van der Waals surface area contributed by atoms with E-state index in [1.165, 1.54) is 19.9 Å². The van der Waals surface area contributed by atoms with E-state index >= 15 is 0 Å². The summed E-state index contributed by atoms with van der Waals surface area (Å²) >= 11 is 12.9. The van der Waals surface area contributed by atoms with Crippen LogP contribution in [0.15, 0.2) is 12.1 Å². The van der Waals surface area contributed by atoms with Crippen molar-refractivity contribution in [1.82, 2.24) is 0 Å². The molecular formula is C21H22Cl2O7. The number of halogens is 2. The lowest BCUT2D eigenvalue weighted by Crippen LogP contribution is -2.38. The number of allylic oxidation sites excluding steroid dienone is 1. The molecule has 0 aromatic heterocycles. The van der Waals surface area contributed by atoms with E-state index in [9.17, 15) is 14.4 Å². The molecule has 0 amide bonds. The van der Waals surface area contributed by atoms with E-state index in [0.29, 0.717) is 30.6 Å². The minimum atomic E-state index is -1.69. The summed E-state index contributed by atoms with van der Waals surface area (Å²) in [6.07, 6.45) is 4.05. The van der Waals surface area contributed by atoms with Crippen molar-refractivity contribution in [1.29, 1.82) is 0 Å². The molecule has 2 aliphatic rings. The second-order valence-corrected chi connectivity index (χ2v) is 8.58. The van der Waals surface area contributed by atoms with Crippen molar-refractivity contribution in [2.45, 2.75) is 57.7 Å². The number of ether oxygens (including phenoxy) is 3. The highest BCUT2D eigenvalue weighted by Crippen LogP contribution is 2.56. The van der Waals surface area contributed by atoms with E-state index < -0.39 is 29.7 Å². The van der Waals surface area contributed by atoms with Crippen LogP contribution in [-0.4, -0.2) is 40.6 Å². The molecule has 1 atom stereocenters. The Balaban J connectivity index is 1.87. The van der Waals surface area contributed by atoms with Crippen molar-refractivity contribution in [2.75, 3.05) is 6.61 Å². The molecule has 3 rings (SSSR count). The molecule has 0 saturated carbocycles. The first-order valence-corrected chi connectivity index (χ1v) is 10.3. The van der Waals surface area contributed by atoms with Crippen molar-refractivity contribution in [2.24, 2.45) is 0 Å². The number of carbonyl (C=O) groups excluding carboxylic acids is 2. The number of carbonyl (C=O) groups is 3. The highest BCUT2D eigenvalue weighted by Gasteiger charge is 2.47. The number of hydrogen-bond acceptors (Lipinski definition) is 6. The van der Waals surface area contributed by atoms with E-state index in [2.05, 4.69) is 0 Å². The number of esters is 1. The van der Waals surface area contributed by atoms with Crippen LogP contribution in [0.4, 0.5) is 0 Å². The molecule has 0 bridgehead atoms. The number of aliphatic carboxylic acids is 1. The van der Waals surface area contributed by atoms with Gasteiger partial charge in [-0.3, -0.25) is 4.79 Å². The van der Waals surface area contributed by atoms with Crippen LogP contribution in [0.3, 0.4) is 0 Å². The van der Waals surface area contributed by atoms with E-state index in [-0.39, 0.29) is 21.6 Å². The highest BCUT2D eigenvalue weighted by molar-refractivity contribution is 6.44. The third-order valence-corrected chi connectivity index (χ3v) is 6.02. The zero-order valence-electron chi connectivity index (χ0n) is 16.8. The van der Waals surface area contributed by atoms with E-state index in [1.54, 1.807) is 6.08 Å². The summed E-state index contributed by atoms with van der Waals surface area (Å²) in [5.74, 6) is -1.63. The molecule has 9 heteroatoms. The number of carboxylic acids is 1. The van der Waals surface area contributed by atoms with Gasteiger partial charge in [0, 0.05) is 23.6 Å². The van der Waals surface area contributed by atoms with Crippen LogP contribution in [0.2, 0.25) is 10.0 Å². The first-order chi connectivity index (χ1) is 14.0. The third-order valence-electron chi connectivity index (χ3n) is 5.17. The summed E-state index contributed by atoms with van der Waals surface area (Å²) < 4.78 is 16.6. The lowest BCUT2D eigenvalue weighted by atomic mass is 9.78. The first kappa shape index (κ1) is 22.4. The third kappa shape index (κ3) is 4.01. The monoisotopic (exact) mass is 456 g/mol. The molecule has 30 heavy (non-hydrogen) atoms. The van der Waals surface area contributed by atoms with Crippen molar-refractivity contribution in [3.8, 4) is 11.5 Å². The van der Waals surface area contributed by atoms with Crippen molar-refractivity contribution in [3.63, 3.8) is 0 Å². The summed E-state index contributed by atoms with van der Waals surface area (Å²) in [6, 6.07) is 1.53. The van der Waals surface area contributed by atoms with Gasteiger partial charge in [-0.15, -0.1) is 0 Å². The van der Waals surface area contributed by atoms with Gasteiger partial charge in [-0.25, -0.2) is 9.59 Å². The lowest BCUT2D eigenvalue weighted by molar-refractivity contribution is -0.175. The fourth-order valence-corrected chi connectivity index (χ4v) is 4.16. The maximum atomic E-state index is 12.0. The minimum Gasteiger partial charge on any atom is -0.482 e. The van der Waals surface area contributed by atoms with Crippen molar-refractivity contribution < 1.29 is 33.7 Å². The van der Waals surface area contributed by atoms with Gasteiger partial charge in [0.25, 0.3) is 0 Å². The van der Waals surface area contributed by atoms with Crippen LogP contribution in [0.5, 0.6) is 11.5 Å². The van der Waals surface area contributed by atoms with Crippen molar-refractivity contribution >= 4 is 46.5 Å². The Labute approximate surface area is 183 Å². The van der Waals surface area contributed by atoms with Crippen molar-refractivity contribution in [3.05, 3.63) is 27.8 Å². The Hall–Kier alpha value is -2.25.